The van der Waals surface area contributed by atoms with Crippen LogP contribution in [0.1, 0.15) is 29.5 Å². The summed E-state index contributed by atoms with van der Waals surface area (Å²) >= 11 is 0. The number of rotatable bonds is 5. The van der Waals surface area contributed by atoms with Gasteiger partial charge in [-0.15, -0.1) is 0 Å². The van der Waals surface area contributed by atoms with Gasteiger partial charge < -0.3 is 15.1 Å². The van der Waals surface area contributed by atoms with Crippen molar-refractivity contribution in [3.8, 4) is 6.07 Å². The Kier molecular flexibility index (Phi) is 6.68. The van der Waals surface area contributed by atoms with Crippen molar-refractivity contribution < 1.29 is 9.59 Å². The maximum Gasteiger partial charge on any atom is 0.243 e. The number of nitrogens with one attached hydrogen (secondary N) is 1. The normalized spacial score (nSPS) is 14.1. The second-order valence-electron chi connectivity index (χ2n) is 7.77. The predicted molar refractivity (Wildman–Crippen MR) is 116 cm³/mol. The Hall–Kier alpha value is -3.40. The molecule has 2 aromatic rings. The van der Waals surface area contributed by atoms with Gasteiger partial charge in [0, 0.05) is 37.9 Å². The van der Waals surface area contributed by atoms with Crippen LogP contribution in [0.5, 0.6) is 0 Å². The zero-order valence-corrected chi connectivity index (χ0v) is 17.7. The fourth-order valence-corrected chi connectivity index (χ4v) is 3.68. The van der Waals surface area contributed by atoms with Crippen molar-refractivity contribution >= 4 is 23.3 Å². The Balaban J connectivity index is 1.51. The lowest BCUT2D eigenvalue weighted by molar-refractivity contribution is -0.137. The Morgan fingerprint density at radius 2 is 1.97 bits per heavy atom. The molecule has 1 aliphatic heterocycles. The summed E-state index contributed by atoms with van der Waals surface area (Å²) in [5, 5.41) is 11.8. The number of nitrogens with zero attached hydrogens (tertiary/aromatic N) is 4. The quantitative estimate of drug-likeness (QED) is 0.826. The van der Waals surface area contributed by atoms with E-state index in [9.17, 15) is 9.59 Å². The summed E-state index contributed by atoms with van der Waals surface area (Å²) in [5.74, 6) is 0.525. The Morgan fingerprint density at radius 1 is 1.23 bits per heavy atom. The number of aromatic nitrogens is 1. The minimum atomic E-state index is -0.196. The van der Waals surface area contributed by atoms with Gasteiger partial charge in [-0.25, -0.2) is 4.98 Å². The molecule has 0 atom stereocenters. The van der Waals surface area contributed by atoms with E-state index in [2.05, 4.69) is 21.3 Å². The second-order valence-corrected chi connectivity index (χ2v) is 7.77. The van der Waals surface area contributed by atoms with Gasteiger partial charge in [0.25, 0.3) is 0 Å². The highest BCUT2D eigenvalue weighted by Crippen LogP contribution is 2.23. The number of carbonyl (C=O) groups is 2. The molecule has 30 heavy (non-hydrogen) atoms. The number of anilines is 2. The van der Waals surface area contributed by atoms with Crippen LogP contribution in [-0.2, 0) is 9.59 Å². The second kappa shape index (κ2) is 9.40. The molecule has 1 fully saturated rings. The molecule has 1 aliphatic rings. The van der Waals surface area contributed by atoms with Gasteiger partial charge in [0.05, 0.1) is 12.1 Å². The smallest absolute Gasteiger partial charge is 0.243 e. The molecule has 0 unspecified atom stereocenters. The summed E-state index contributed by atoms with van der Waals surface area (Å²) in [6, 6.07) is 11.4. The topological polar surface area (TPSA) is 89.3 Å². The van der Waals surface area contributed by atoms with Crippen molar-refractivity contribution in [3.63, 3.8) is 0 Å². The number of benzene rings is 1. The number of piperidine rings is 1. The van der Waals surface area contributed by atoms with Gasteiger partial charge in [-0.05, 0) is 56.0 Å². The summed E-state index contributed by atoms with van der Waals surface area (Å²) in [6.45, 7) is 5.44. The van der Waals surface area contributed by atoms with Crippen LogP contribution in [0.2, 0.25) is 0 Å². The Labute approximate surface area is 177 Å². The number of hydrogen-bond acceptors (Lipinski definition) is 5. The average Bonchev–Trinajstić information content (AvgIpc) is 2.76. The van der Waals surface area contributed by atoms with Crippen LogP contribution in [0.4, 0.5) is 11.5 Å². The lowest BCUT2D eigenvalue weighted by Crippen LogP contribution is -2.43. The predicted octanol–water partition coefficient (Wildman–Crippen LogP) is 2.88. The van der Waals surface area contributed by atoms with Crippen molar-refractivity contribution in [3.05, 3.63) is 53.2 Å². The zero-order valence-electron chi connectivity index (χ0n) is 17.7. The first kappa shape index (κ1) is 21.3. The summed E-state index contributed by atoms with van der Waals surface area (Å²) in [4.78, 5) is 33.2. The van der Waals surface area contributed by atoms with Gasteiger partial charge in [0.1, 0.15) is 11.9 Å². The number of amides is 2. The van der Waals surface area contributed by atoms with Crippen LogP contribution in [0, 0.1) is 31.1 Å². The first-order valence-electron chi connectivity index (χ1n) is 10.1. The highest BCUT2D eigenvalue weighted by Gasteiger charge is 2.28. The van der Waals surface area contributed by atoms with E-state index in [1.165, 1.54) is 4.90 Å². The first-order valence-corrected chi connectivity index (χ1v) is 10.1. The third-order valence-electron chi connectivity index (χ3n) is 5.68. The van der Waals surface area contributed by atoms with Gasteiger partial charge in [-0.3, -0.25) is 9.59 Å². The molecule has 7 heteroatoms. The summed E-state index contributed by atoms with van der Waals surface area (Å²) in [7, 11) is 1.68. The molecule has 7 nitrogen and oxygen atoms in total. The van der Waals surface area contributed by atoms with E-state index in [0.29, 0.717) is 18.4 Å². The minimum absolute atomic E-state index is 0.00134. The van der Waals surface area contributed by atoms with Gasteiger partial charge >= 0.3 is 0 Å². The molecule has 0 spiro atoms. The van der Waals surface area contributed by atoms with E-state index in [1.54, 1.807) is 19.3 Å². The molecular weight excluding hydrogens is 378 g/mol. The first-order chi connectivity index (χ1) is 14.4. The van der Waals surface area contributed by atoms with E-state index in [0.717, 1.165) is 35.7 Å². The van der Waals surface area contributed by atoms with Gasteiger partial charge in [0.2, 0.25) is 11.8 Å². The Morgan fingerprint density at radius 3 is 2.60 bits per heavy atom. The lowest BCUT2D eigenvalue weighted by Gasteiger charge is -2.33. The minimum Gasteiger partial charge on any atom is -0.357 e. The highest BCUT2D eigenvalue weighted by atomic mass is 16.2. The molecule has 0 saturated carbocycles. The molecule has 1 aromatic carbocycles. The average molecular weight is 406 g/mol. The van der Waals surface area contributed by atoms with Gasteiger partial charge in [-0.2, -0.15) is 5.26 Å². The molecule has 0 aliphatic carbocycles. The van der Waals surface area contributed by atoms with Crippen LogP contribution in [0.25, 0.3) is 0 Å². The maximum absolute atomic E-state index is 12.8. The van der Waals surface area contributed by atoms with Crippen LogP contribution < -0.4 is 10.2 Å². The lowest BCUT2D eigenvalue weighted by atomic mass is 9.95. The fourth-order valence-electron chi connectivity index (χ4n) is 3.68. The number of pyridine rings is 1. The number of aryl methyl sites for hydroxylation is 1. The fraction of sp³-hybridized carbons (Fsp3) is 0.391. The van der Waals surface area contributed by atoms with E-state index < -0.39 is 0 Å². The summed E-state index contributed by atoms with van der Waals surface area (Å²) < 4.78 is 0. The van der Waals surface area contributed by atoms with Gasteiger partial charge in [0.15, 0.2) is 0 Å². The monoisotopic (exact) mass is 405 g/mol. The van der Waals surface area contributed by atoms with Crippen molar-refractivity contribution in [2.24, 2.45) is 5.92 Å². The third-order valence-corrected chi connectivity index (χ3v) is 5.68. The van der Waals surface area contributed by atoms with Crippen LogP contribution in [0.15, 0.2) is 36.5 Å². The molecule has 1 aromatic heterocycles. The van der Waals surface area contributed by atoms with Crippen molar-refractivity contribution in [1.29, 1.82) is 5.26 Å². The highest BCUT2D eigenvalue weighted by molar-refractivity contribution is 5.95. The Bertz CT molecular complexity index is 957. The largest absolute Gasteiger partial charge is 0.357 e. The molecule has 0 radical (unpaired) electrons. The van der Waals surface area contributed by atoms with E-state index in [4.69, 9.17) is 5.26 Å². The molecule has 0 bridgehead atoms. The van der Waals surface area contributed by atoms with Crippen molar-refractivity contribution in [2.45, 2.75) is 26.7 Å². The number of likely N-dealkylation sites (N-methyl/N-ethyl adjacent to an activating group) is 1. The molecule has 2 amide bonds. The van der Waals surface area contributed by atoms with Crippen LogP contribution >= 0.6 is 0 Å². The standard InChI is InChI=1S/C23H27N5O2/c1-16-5-4-6-20(17(16)2)26-22(29)15-27(3)23(30)19-9-11-28(12-10-19)21-8-7-18(13-24)14-25-21/h4-8,14,19H,9-12,15H2,1-3H3,(H,26,29). The van der Waals surface area contributed by atoms with E-state index in [1.807, 2.05) is 38.1 Å². The van der Waals surface area contributed by atoms with Crippen LogP contribution in [-0.4, -0.2) is 48.4 Å². The van der Waals surface area contributed by atoms with Gasteiger partial charge in [-0.1, -0.05) is 12.1 Å². The zero-order chi connectivity index (χ0) is 21.7. The molecule has 2 heterocycles. The molecule has 1 saturated heterocycles. The molecule has 1 N–H and O–H groups in total. The maximum atomic E-state index is 12.8. The van der Waals surface area contributed by atoms with E-state index in [-0.39, 0.29) is 24.3 Å². The molecule has 156 valence electrons. The summed E-state index contributed by atoms with van der Waals surface area (Å²) in [6.07, 6.45) is 2.99. The molecular formula is C23H27N5O2. The van der Waals surface area contributed by atoms with Crippen molar-refractivity contribution in [1.82, 2.24) is 9.88 Å². The van der Waals surface area contributed by atoms with E-state index >= 15 is 0 Å². The SMILES string of the molecule is Cc1cccc(NC(=O)CN(C)C(=O)C2CCN(c3ccc(C#N)cn3)CC2)c1C. The van der Waals surface area contributed by atoms with Crippen LogP contribution in [0.3, 0.4) is 0 Å². The molecule has 3 rings (SSSR count). The summed E-state index contributed by atoms with van der Waals surface area (Å²) in [5.41, 5.74) is 3.46. The number of hydrogen-bond donors (Lipinski definition) is 1. The third kappa shape index (κ3) is 4.95. The number of carbonyl (C=O) groups excluding carboxylic acids is 2. The number of nitriles is 1. The van der Waals surface area contributed by atoms with Crippen molar-refractivity contribution in [2.75, 3.05) is 36.9 Å².